The highest BCUT2D eigenvalue weighted by molar-refractivity contribution is 9.10. The van der Waals surface area contributed by atoms with Crippen LogP contribution in [0.1, 0.15) is 52.1 Å². The predicted octanol–water partition coefficient (Wildman–Crippen LogP) is 5.39. The number of halogens is 1. The van der Waals surface area contributed by atoms with E-state index in [0.29, 0.717) is 11.0 Å². The van der Waals surface area contributed by atoms with Crippen molar-refractivity contribution in [3.8, 4) is 5.88 Å². The van der Waals surface area contributed by atoms with Crippen molar-refractivity contribution in [3.63, 3.8) is 0 Å². The molecule has 0 atom stereocenters. The largest absolute Gasteiger partial charge is 0.474 e. The Morgan fingerprint density at radius 1 is 1.40 bits per heavy atom. The summed E-state index contributed by atoms with van der Waals surface area (Å²) in [5.41, 5.74) is 1.80. The molecule has 1 aromatic heterocycles. The third kappa shape index (κ3) is 5.55. The Balaban J connectivity index is 2.01. The molecular formula is C19H30BrN3OS. The van der Waals surface area contributed by atoms with Crippen molar-refractivity contribution in [3.05, 3.63) is 16.2 Å². The molecule has 0 saturated heterocycles. The number of aromatic nitrogens is 1. The van der Waals surface area contributed by atoms with Crippen molar-refractivity contribution in [2.24, 2.45) is 11.8 Å². The fourth-order valence-electron chi connectivity index (χ4n) is 3.15. The second-order valence-electron chi connectivity index (χ2n) is 7.25. The van der Waals surface area contributed by atoms with Crippen LogP contribution in [0.15, 0.2) is 10.5 Å². The Labute approximate surface area is 165 Å². The van der Waals surface area contributed by atoms with E-state index in [9.17, 15) is 0 Å². The van der Waals surface area contributed by atoms with E-state index in [1.54, 1.807) is 0 Å². The number of thiocarbonyl (C=S) groups is 1. The van der Waals surface area contributed by atoms with Gasteiger partial charge >= 0.3 is 0 Å². The van der Waals surface area contributed by atoms with Gasteiger partial charge in [-0.15, -0.1) is 0 Å². The molecule has 0 unspecified atom stereocenters. The van der Waals surface area contributed by atoms with Crippen LogP contribution in [-0.4, -0.2) is 34.7 Å². The third-order valence-electron chi connectivity index (χ3n) is 5.14. The molecule has 0 spiro atoms. The lowest BCUT2D eigenvalue weighted by molar-refractivity contribution is 0.111. The van der Waals surface area contributed by atoms with E-state index in [1.807, 2.05) is 24.9 Å². The third-order valence-corrected chi connectivity index (χ3v) is 6.12. The van der Waals surface area contributed by atoms with Gasteiger partial charge in [-0.25, -0.2) is 4.98 Å². The molecule has 25 heavy (non-hydrogen) atoms. The number of hydrogen-bond acceptors (Lipinski definition) is 3. The van der Waals surface area contributed by atoms with Gasteiger partial charge in [0.2, 0.25) is 5.88 Å². The molecule has 0 aliphatic heterocycles. The summed E-state index contributed by atoms with van der Waals surface area (Å²) in [7, 11) is 1.97. The summed E-state index contributed by atoms with van der Waals surface area (Å²) in [6, 6.07) is 2.01. The van der Waals surface area contributed by atoms with Crippen molar-refractivity contribution in [1.29, 1.82) is 0 Å². The Morgan fingerprint density at radius 3 is 2.60 bits per heavy atom. The summed E-state index contributed by atoms with van der Waals surface area (Å²) in [4.78, 5) is 6.64. The van der Waals surface area contributed by atoms with Crippen molar-refractivity contribution in [2.75, 3.05) is 18.9 Å². The van der Waals surface area contributed by atoms with E-state index in [4.69, 9.17) is 17.0 Å². The van der Waals surface area contributed by atoms with Crippen molar-refractivity contribution < 1.29 is 4.74 Å². The van der Waals surface area contributed by atoms with Gasteiger partial charge in [-0.3, -0.25) is 0 Å². The number of nitrogens with one attached hydrogen (secondary N) is 1. The molecule has 1 heterocycles. The molecule has 1 N–H and O–H groups in total. The summed E-state index contributed by atoms with van der Waals surface area (Å²) >= 11 is 9.00. The molecule has 1 aliphatic rings. The molecule has 2 rings (SSSR count). The first-order valence-corrected chi connectivity index (χ1v) is 10.4. The second kappa shape index (κ2) is 9.17. The van der Waals surface area contributed by atoms with Crippen LogP contribution in [0.5, 0.6) is 5.88 Å². The molecule has 1 aromatic rings. The number of hydrogen-bond donors (Lipinski definition) is 1. The highest BCUT2D eigenvalue weighted by atomic mass is 79.9. The lowest BCUT2D eigenvalue weighted by Crippen LogP contribution is -2.31. The van der Waals surface area contributed by atoms with Gasteiger partial charge in [0, 0.05) is 13.6 Å². The number of nitrogens with zero attached hydrogens (tertiary/aromatic N) is 2. The van der Waals surface area contributed by atoms with Gasteiger partial charge in [-0.1, -0.05) is 13.8 Å². The van der Waals surface area contributed by atoms with Crippen LogP contribution in [-0.2, 0) is 0 Å². The van der Waals surface area contributed by atoms with Gasteiger partial charge in [-0.05, 0) is 85.6 Å². The fourth-order valence-corrected chi connectivity index (χ4v) is 3.80. The van der Waals surface area contributed by atoms with Crippen LogP contribution in [0, 0.1) is 18.8 Å². The molecule has 0 aromatic carbocycles. The van der Waals surface area contributed by atoms with Crippen LogP contribution in [0.4, 0.5) is 5.69 Å². The van der Waals surface area contributed by atoms with Gasteiger partial charge in [0.1, 0.15) is 6.10 Å². The zero-order chi connectivity index (χ0) is 18.6. The summed E-state index contributed by atoms with van der Waals surface area (Å²) in [6.07, 6.45) is 4.99. The SMILES string of the molecule is CCN(C)C(=S)Nc1cc(Br)c(OC2CCC(C(C)C)CC2)nc1C. The molecule has 1 aliphatic carbocycles. The summed E-state index contributed by atoms with van der Waals surface area (Å²) < 4.78 is 7.06. The molecule has 0 amide bonds. The van der Waals surface area contributed by atoms with Crippen LogP contribution < -0.4 is 10.1 Å². The molecule has 1 fully saturated rings. The van der Waals surface area contributed by atoms with E-state index in [-0.39, 0.29) is 6.10 Å². The second-order valence-corrected chi connectivity index (χ2v) is 8.49. The number of rotatable bonds is 5. The monoisotopic (exact) mass is 427 g/mol. The van der Waals surface area contributed by atoms with E-state index >= 15 is 0 Å². The Kier molecular flexibility index (Phi) is 7.50. The summed E-state index contributed by atoms with van der Waals surface area (Å²) in [5.74, 6) is 2.29. The van der Waals surface area contributed by atoms with E-state index in [1.165, 1.54) is 12.8 Å². The number of aryl methyl sites for hydroxylation is 1. The molecule has 1 saturated carbocycles. The fraction of sp³-hybridized carbons (Fsp3) is 0.684. The quantitative estimate of drug-likeness (QED) is 0.636. The number of ether oxygens (including phenoxy) is 1. The first-order valence-electron chi connectivity index (χ1n) is 9.17. The standard InChI is InChI=1S/C19H30BrN3OS/c1-6-23(5)19(25)22-17-11-16(20)18(21-13(17)4)24-15-9-7-14(8-10-15)12(2)3/h11-12,14-15H,6-10H2,1-5H3,(H,22,25). The van der Waals surface area contributed by atoms with Crippen molar-refractivity contribution >= 4 is 38.9 Å². The van der Waals surface area contributed by atoms with Crippen LogP contribution in [0.3, 0.4) is 0 Å². The van der Waals surface area contributed by atoms with Crippen molar-refractivity contribution in [1.82, 2.24) is 9.88 Å². The van der Waals surface area contributed by atoms with Crippen molar-refractivity contribution in [2.45, 2.75) is 59.5 Å². The lowest BCUT2D eigenvalue weighted by atomic mass is 9.80. The van der Waals surface area contributed by atoms with Crippen LogP contribution in [0.2, 0.25) is 0 Å². The van der Waals surface area contributed by atoms with Gasteiger partial charge in [0.05, 0.1) is 15.9 Å². The highest BCUT2D eigenvalue weighted by Crippen LogP contribution is 2.34. The van der Waals surface area contributed by atoms with E-state index in [0.717, 1.165) is 47.1 Å². The Morgan fingerprint density at radius 2 is 2.04 bits per heavy atom. The molecule has 0 radical (unpaired) electrons. The smallest absolute Gasteiger partial charge is 0.228 e. The highest BCUT2D eigenvalue weighted by Gasteiger charge is 2.25. The average Bonchev–Trinajstić information content (AvgIpc) is 2.58. The van der Waals surface area contributed by atoms with Gasteiger partial charge in [0.25, 0.3) is 0 Å². The van der Waals surface area contributed by atoms with Gasteiger partial charge in [0.15, 0.2) is 5.11 Å². The molecule has 0 bridgehead atoms. The molecule has 4 nitrogen and oxygen atoms in total. The minimum absolute atomic E-state index is 0.268. The van der Waals surface area contributed by atoms with E-state index in [2.05, 4.69) is 47.0 Å². The first kappa shape index (κ1) is 20.4. The minimum atomic E-state index is 0.268. The maximum absolute atomic E-state index is 6.19. The molecular weight excluding hydrogens is 398 g/mol. The van der Waals surface area contributed by atoms with E-state index < -0.39 is 0 Å². The summed E-state index contributed by atoms with van der Waals surface area (Å²) in [5, 5.41) is 3.95. The maximum atomic E-state index is 6.19. The minimum Gasteiger partial charge on any atom is -0.474 e. The Hall–Kier alpha value is -0.880. The maximum Gasteiger partial charge on any atom is 0.228 e. The first-order chi connectivity index (χ1) is 11.8. The number of pyridine rings is 1. The summed E-state index contributed by atoms with van der Waals surface area (Å²) in [6.45, 7) is 9.55. The molecule has 140 valence electrons. The van der Waals surface area contributed by atoms with Crippen LogP contribution in [0.25, 0.3) is 0 Å². The average molecular weight is 428 g/mol. The zero-order valence-corrected chi connectivity index (χ0v) is 18.3. The van der Waals surface area contributed by atoms with Gasteiger partial charge < -0.3 is 15.0 Å². The lowest BCUT2D eigenvalue weighted by Gasteiger charge is -2.31. The number of anilines is 1. The van der Waals surface area contributed by atoms with Crippen LogP contribution >= 0.6 is 28.1 Å². The normalized spacial score (nSPS) is 20.4. The topological polar surface area (TPSA) is 37.4 Å². The zero-order valence-electron chi connectivity index (χ0n) is 15.9. The Bertz CT molecular complexity index is 601. The van der Waals surface area contributed by atoms with Gasteiger partial charge in [-0.2, -0.15) is 0 Å². The predicted molar refractivity (Wildman–Crippen MR) is 112 cm³/mol. The molecule has 6 heteroatoms.